The van der Waals surface area contributed by atoms with Crippen molar-refractivity contribution in [2.75, 3.05) is 13.2 Å². The van der Waals surface area contributed by atoms with Crippen LogP contribution < -0.4 is 10.6 Å². The Morgan fingerprint density at radius 1 is 1.30 bits per heavy atom. The first-order valence-electron chi connectivity index (χ1n) is 6.59. The van der Waals surface area contributed by atoms with Gasteiger partial charge in [0, 0.05) is 13.2 Å². The van der Waals surface area contributed by atoms with Gasteiger partial charge in [0.2, 0.25) is 0 Å². The molecular weight excluding hydrogens is 260 g/mol. The Kier molecular flexibility index (Phi) is 4.95. The number of urea groups is 1. The molecule has 1 heterocycles. The average Bonchev–Trinajstić information content (AvgIpc) is 2.87. The Hall–Kier alpha value is -2.08. The second-order valence-electron chi connectivity index (χ2n) is 4.64. The molecule has 0 aliphatic carbocycles. The van der Waals surface area contributed by atoms with Crippen LogP contribution in [0.15, 0.2) is 30.3 Å². The summed E-state index contributed by atoms with van der Waals surface area (Å²) in [6, 6.07) is 9.27. The largest absolute Gasteiger partial charge is 0.481 e. The van der Waals surface area contributed by atoms with Crippen LogP contribution in [-0.4, -0.2) is 36.3 Å². The second kappa shape index (κ2) is 6.91. The molecule has 1 saturated heterocycles. The Morgan fingerprint density at radius 3 is 2.75 bits per heavy atom. The predicted octanol–water partition coefficient (Wildman–Crippen LogP) is 1.29. The molecule has 2 rings (SSSR count). The molecule has 108 valence electrons. The summed E-state index contributed by atoms with van der Waals surface area (Å²) in [5.74, 6) is -0.934. The minimum absolute atomic E-state index is 0.0866. The lowest BCUT2D eigenvalue weighted by atomic mass is 10.0. The summed E-state index contributed by atoms with van der Waals surface area (Å²) < 4.78 is 5.66. The molecular formula is C14H18N2O4. The number of carbonyl (C=O) groups excluding carboxylic acids is 1. The SMILES string of the molecule is O=C(O)CCNC(=O)NC1CCOC1c1ccccc1. The van der Waals surface area contributed by atoms with E-state index in [4.69, 9.17) is 9.84 Å². The molecule has 2 amide bonds. The maximum absolute atomic E-state index is 11.7. The van der Waals surface area contributed by atoms with Crippen LogP contribution >= 0.6 is 0 Å². The Bertz CT molecular complexity index is 464. The smallest absolute Gasteiger partial charge is 0.315 e. The molecule has 1 aromatic rings. The number of benzene rings is 1. The zero-order valence-electron chi connectivity index (χ0n) is 11.0. The molecule has 1 aliphatic heterocycles. The van der Waals surface area contributed by atoms with Crippen LogP contribution in [0.2, 0.25) is 0 Å². The summed E-state index contributed by atoms with van der Waals surface area (Å²) in [6.07, 6.45) is 0.504. The van der Waals surface area contributed by atoms with Gasteiger partial charge in [-0.2, -0.15) is 0 Å². The normalized spacial score (nSPS) is 21.4. The third-order valence-electron chi connectivity index (χ3n) is 3.16. The highest BCUT2D eigenvalue weighted by molar-refractivity contribution is 5.75. The molecule has 2 unspecified atom stereocenters. The van der Waals surface area contributed by atoms with Crippen molar-refractivity contribution in [1.29, 1.82) is 0 Å². The van der Waals surface area contributed by atoms with E-state index >= 15 is 0 Å². The van der Waals surface area contributed by atoms with Gasteiger partial charge >= 0.3 is 12.0 Å². The summed E-state index contributed by atoms with van der Waals surface area (Å²) in [6.45, 7) is 0.713. The van der Waals surface area contributed by atoms with Crippen molar-refractivity contribution in [3.05, 3.63) is 35.9 Å². The maximum Gasteiger partial charge on any atom is 0.315 e. The molecule has 20 heavy (non-hydrogen) atoms. The van der Waals surface area contributed by atoms with E-state index in [1.807, 2.05) is 30.3 Å². The summed E-state index contributed by atoms with van der Waals surface area (Å²) in [7, 11) is 0. The zero-order valence-corrected chi connectivity index (χ0v) is 11.0. The first kappa shape index (κ1) is 14.3. The average molecular weight is 278 g/mol. The van der Waals surface area contributed by atoms with Gasteiger partial charge in [-0.15, -0.1) is 0 Å². The molecule has 2 atom stereocenters. The van der Waals surface area contributed by atoms with Crippen LogP contribution in [0.25, 0.3) is 0 Å². The summed E-state index contributed by atoms with van der Waals surface area (Å²) >= 11 is 0. The maximum atomic E-state index is 11.7. The zero-order chi connectivity index (χ0) is 14.4. The fourth-order valence-electron chi connectivity index (χ4n) is 2.21. The number of carbonyl (C=O) groups is 2. The van der Waals surface area contributed by atoms with Gasteiger partial charge in [0.1, 0.15) is 6.10 Å². The van der Waals surface area contributed by atoms with Crippen LogP contribution in [0.5, 0.6) is 0 Å². The van der Waals surface area contributed by atoms with Crippen molar-refractivity contribution in [3.63, 3.8) is 0 Å². The summed E-state index contributed by atoms with van der Waals surface area (Å²) in [5.41, 5.74) is 1.03. The molecule has 0 spiro atoms. The van der Waals surface area contributed by atoms with Gasteiger partial charge < -0.3 is 20.5 Å². The molecule has 6 heteroatoms. The predicted molar refractivity (Wildman–Crippen MR) is 72.3 cm³/mol. The van der Waals surface area contributed by atoms with Crippen molar-refractivity contribution in [2.24, 2.45) is 0 Å². The number of amides is 2. The fraction of sp³-hybridized carbons (Fsp3) is 0.429. The highest BCUT2D eigenvalue weighted by atomic mass is 16.5. The van der Waals surface area contributed by atoms with Gasteiger partial charge in [-0.1, -0.05) is 30.3 Å². The van der Waals surface area contributed by atoms with Gasteiger partial charge in [0.25, 0.3) is 0 Å². The third-order valence-corrected chi connectivity index (χ3v) is 3.16. The van der Waals surface area contributed by atoms with Crippen molar-refractivity contribution in [1.82, 2.24) is 10.6 Å². The molecule has 0 bridgehead atoms. The van der Waals surface area contributed by atoms with Crippen molar-refractivity contribution >= 4 is 12.0 Å². The summed E-state index contributed by atoms with van der Waals surface area (Å²) in [5, 5.41) is 13.9. The van der Waals surface area contributed by atoms with Crippen LogP contribution in [0, 0.1) is 0 Å². The molecule has 1 fully saturated rings. The first-order chi connectivity index (χ1) is 9.66. The van der Waals surface area contributed by atoms with Gasteiger partial charge in [-0.05, 0) is 12.0 Å². The van der Waals surface area contributed by atoms with Crippen molar-refractivity contribution in [2.45, 2.75) is 25.0 Å². The molecule has 1 aliphatic rings. The van der Waals surface area contributed by atoms with E-state index in [9.17, 15) is 9.59 Å². The van der Waals surface area contributed by atoms with Crippen LogP contribution in [0.4, 0.5) is 4.79 Å². The number of hydrogen-bond donors (Lipinski definition) is 3. The fourth-order valence-corrected chi connectivity index (χ4v) is 2.21. The Morgan fingerprint density at radius 2 is 2.05 bits per heavy atom. The molecule has 3 N–H and O–H groups in total. The van der Waals surface area contributed by atoms with E-state index in [1.54, 1.807) is 0 Å². The molecule has 0 saturated carbocycles. The van der Waals surface area contributed by atoms with E-state index in [2.05, 4.69) is 10.6 Å². The number of carboxylic acids is 1. The van der Waals surface area contributed by atoms with Gasteiger partial charge in [-0.25, -0.2) is 4.79 Å². The van der Waals surface area contributed by atoms with Gasteiger partial charge in [0.15, 0.2) is 0 Å². The molecule has 1 aromatic carbocycles. The van der Waals surface area contributed by atoms with Gasteiger partial charge in [0.05, 0.1) is 12.5 Å². The lowest BCUT2D eigenvalue weighted by Crippen LogP contribution is -2.43. The Balaban J connectivity index is 1.85. The van der Waals surface area contributed by atoms with E-state index < -0.39 is 5.97 Å². The minimum Gasteiger partial charge on any atom is -0.481 e. The second-order valence-corrected chi connectivity index (χ2v) is 4.64. The minimum atomic E-state index is -0.934. The molecule has 0 aromatic heterocycles. The van der Waals surface area contributed by atoms with Crippen molar-refractivity contribution < 1.29 is 19.4 Å². The number of rotatable bonds is 5. The van der Waals surface area contributed by atoms with Gasteiger partial charge in [-0.3, -0.25) is 4.79 Å². The van der Waals surface area contributed by atoms with Crippen LogP contribution in [-0.2, 0) is 9.53 Å². The van der Waals surface area contributed by atoms with E-state index in [0.717, 1.165) is 12.0 Å². The lowest BCUT2D eigenvalue weighted by Gasteiger charge is -2.20. The van der Waals surface area contributed by atoms with E-state index in [1.165, 1.54) is 0 Å². The first-order valence-corrected chi connectivity index (χ1v) is 6.59. The number of nitrogens with one attached hydrogen (secondary N) is 2. The Labute approximate surface area is 117 Å². The number of aliphatic carboxylic acids is 1. The molecule has 6 nitrogen and oxygen atoms in total. The van der Waals surface area contributed by atoms with Crippen LogP contribution in [0.3, 0.4) is 0 Å². The van der Waals surface area contributed by atoms with E-state index in [-0.39, 0.29) is 31.1 Å². The standard InChI is InChI=1S/C14H18N2O4/c17-12(18)6-8-15-14(19)16-11-7-9-20-13(11)10-4-2-1-3-5-10/h1-5,11,13H,6-9H2,(H,17,18)(H2,15,16,19). The summed E-state index contributed by atoms with van der Waals surface area (Å²) in [4.78, 5) is 22.1. The van der Waals surface area contributed by atoms with E-state index in [0.29, 0.717) is 6.61 Å². The highest BCUT2D eigenvalue weighted by Gasteiger charge is 2.30. The number of hydrogen-bond acceptors (Lipinski definition) is 3. The monoisotopic (exact) mass is 278 g/mol. The highest BCUT2D eigenvalue weighted by Crippen LogP contribution is 2.28. The number of carboxylic acid groups (broad SMARTS) is 1. The molecule has 0 radical (unpaired) electrons. The van der Waals surface area contributed by atoms with Crippen LogP contribution in [0.1, 0.15) is 24.5 Å². The topological polar surface area (TPSA) is 87.7 Å². The lowest BCUT2D eigenvalue weighted by molar-refractivity contribution is -0.136. The quantitative estimate of drug-likeness (QED) is 0.757. The number of ether oxygens (including phenoxy) is 1. The van der Waals surface area contributed by atoms with Crippen molar-refractivity contribution in [3.8, 4) is 0 Å². The third kappa shape index (κ3) is 3.96.